The number of hydrogen-bond acceptors (Lipinski definition) is 8. The Morgan fingerprint density at radius 2 is 1.86 bits per heavy atom. The predicted octanol–water partition coefficient (Wildman–Crippen LogP) is 0.988. The van der Waals surface area contributed by atoms with Crippen molar-refractivity contribution in [2.45, 2.75) is 13.5 Å². The molecule has 42 heavy (non-hydrogen) atoms. The number of piperazine rings is 1. The first kappa shape index (κ1) is 30.1. The van der Waals surface area contributed by atoms with Gasteiger partial charge in [-0.05, 0) is 37.3 Å². The molecule has 2 aromatic carbocycles. The highest BCUT2D eigenvalue weighted by molar-refractivity contribution is 7.07. The summed E-state index contributed by atoms with van der Waals surface area (Å²) in [6, 6.07) is 19.5. The molecule has 0 atom stereocenters. The van der Waals surface area contributed by atoms with E-state index >= 15 is 0 Å². The lowest BCUT2D eigenvalue weighted by molar-refractivity contribution is -0.119. The molecule has 0 spiro atoms. The summed E-state index contributed by atoms with van der Waals surface area (Å²) in [5.41, 5.74) is 2.10. The molecule has 216 valence electrons. The molecule has 10 nitrogen and oxygen atoms in total. The molecule has 1 fully saturated rings. The maximum absolute atomic E-state index is 13.1. The third-order valence-corrected chi connectivity index (χ3v) is 8.09. The second-order valence-electron chi connectivity index (χ2n) is 9.58. The topological polar surface area (TPSA) is 114 Å². The molecule has 2 amide bonds. The summed E-state index contributed by atoms with van der Waals surface area (Å²) < 4.78 is 1.97. The van der Waals surface area contributed by atoms with E-state index < -0.39 is 5.91 Å². The van der Waals surface area contributed by atoms with Gasteiger partial charge in [0.15, 0.2) is 5.57 Å². The second kappa shape index (κ2) is 14.2. The van der Waals surface area contributed by atoms with Crippen LogP contribution in [0.5, 0.6) is 0 Å². The van der Waals surface area contributed by atoms with E-state index in [1.54, 1.807) is 25.1 Å². The molecular formula is C31H33N7O3S. The number of para-hydroxylation sites is 1. The van der Waals surface area contributed by atoms with Gasteiger partial charge in [0.25, 0.3) is 11.5 Å². The monoisotopic (exact) mass is 583 g/mol. The van der Waals surface area contributed by atoms with Crippen molar-refractivity contribution in [1.29, 1.82) is 5.26 Å². The van der Waals surface area contributed by atoms with Crippen LogP contribution in [0.3, 0.4) is 0 Å². The smallest absolute Gasteiger partial charge is 0.270 e. The Morgan fingerprint density at radius 1 is 1.12 bits per heavy atom. The van der Waals surface area contributed by atoms with Crippen LogP contribution in [0.4, 0.5) is 17.1 Å². The van der Waals surface area contributed by atoms with Crippen LogP contribution in [-0.4, -0.2) is 67.6 Å². The molecule has 0 saturated carbocycles. The molecule has 11 heteroatoms. The number of carbonyl (C=O) groups excluding carboxylic acids is 2. The molecule has 1 aromatic heterocycles. The van der Waals surface area contributed by atoms with E-state index in [0.29, 0.717) is 22.5 Å². The highest BCUT2D eigenvalue weighted by atomic mass is 32.1. The van der Waals surface area contributed by atoms with Gasteiger partial charge in [0, 0.05) is 63.0 Å². The van der Waals surface area contributed by atoms with Crippen LogP contribution in [0.2, 0.25) is 0 Å². The molecule has 1 saturated heterocycles. The SMILES string of the molecule is C#CCNC(=O)/C(C#N)=c1\s/c(=C/Nc2cccc(N(C)C(=O)CN3CCN(c4ccccc4)CC3)c2)c(=O)n1CC. The van der Waals surface area contributed by atoms with Crippen LogP contribution in [0.1, 0.15) is 6.92 Å². The normalized spacial score (nSPS) is 14.5. The van der Waals surface area contributed by atoms with E-state index in [2.05, 4.69) is 38.5 Å². The summed E-state index contributed by atoms with van der Waals surface area (Å²) >= 11 is 1.04. The maximum atomic E-state index is 13.1. The van der Waals surface area contributed by atoms with E-state index in [1.165, 1.54) is 10.3 Å². The molecule has 0 radical (unpaired) electrons. The first-order chi connectivity index (χ1) is 20.4. The van der Waals surface area contributed by atoms with Gasteiger partial charge < -0.3 is 20.4 Å². The number of carbonyl (C=O) groups is 2. The Morgan fingerprint density at radius 3 is 2.52 bits per heavy atom. The average Bonchev–Trinajstić information content (AvgIpc) is 3.34. The van der Waals surface area contributed by atoms with Crippen LogP contribution in [0.15, 0.2) is 59.4 Å². The highest BCUT2D eigenvalue weighted by Gasteiger charge is 2.21. The molecule has 2 heterocycles. The maximum Gasteiger partial charge on any atom is 0.270 e. The Labute approximate surface area is 248 Å². The van der Waals surface area contributed by atoms with Gasteiger partial charge in [-0.1, -0.05) is 30.2 Å². The number of thiazole rings is 1. The van der Waals surface area contributed by atoms with E-state index in [0.717, 1.165) is 37.5 Å². The van der Waals surface area contributed by atoms with Gasteiger partial charge in [-0.2, -0.15) is 5.26 Å². The van der Waals surface area contributed by atoms with Crippen molar-refractivity contribution in [2.24, 2.45) is 0 Å². The van der Waals surface area contributed by atoms with Crippen molar-refractivity contribution in [3.63, 3.8) is 0 Å². The molecule has 4 rings (SSSR count). The zero-order chi connectivity index (χ0) is 30.1. The number of hydrogen-bond donors (Lipinski definition) is 2. The van der Waals surface area contributed by atoms with Gasteiger partial charge in [-0.15, -0.1) is 17.8 Å². The first-order valence-electron chi connectivity index (χ1n) is 13.6. The van der Waals surface area contributed by atoms with Gasteiger partial charge >= 0.3 is 0 Å². The number of aromatic nitrogens is 1. The molecule has 0 bridgehead atoms. The third kappa shape index (κ3) is 7.07. The van der Waals surface area contributed by atoms with Crippen molar-refractivity contribution >= 4 is 52.0 Å². The second-order valence-corrected chi connectivity index (χ2v) is 10.6. The minimum Gasteiger partial charge on any atom is -0.369 e. The Balaban J connectivity index is 1.45. The van der Waals surface area contributed by atoms with Crippen LogP contribution in [-0.2, 0) is 16.1 Å². The molecule has 0 unspecified atom stereocenters. The fraction of sp³-hybridized carbons (Fsp3) is 0.290. The molecule has 1 aliphatic heterocycles. The van der Waals surface area contributed by atoms with Crippen LogP contribution >= 0.6 is 11.3 Å². The number of nitrogens with zero attached hydrogens (tertiary/aromatic N) is 5. The average molecular weight is 584 g/mol. The molecule has 2 N–H and O–H groups in total. The lowest BCUT2D eigenvalue weighted by Gasteiger charge is -2.36. The van der Waals surface area contributed by atoms with Gasteiger partial charge in [0.1, 0.15) is 15.3 Å². The van der Waals surface area contributed by atoms with Gasteiger partial charge in [-0.25, -0.2) is 0 Å². The molecule has 1 aliphatic rings. The minimum absolute atomic E-state index is 0.0132. The van der Waals surface area contributed by atoms with E-state index in [-0.39, 0.29) is 34.8 Å². The predicted molar refractivity (Wildman–Crippen MR) is 167 cm³/mol. The van der Waals surface area contributed by atoms with E-state index in [9.17, 15) is 19.6 Å². The van der Waals surface area contributed by atoms with Crippen molar-refractivity contribution in [2.75, 3.05) is 61.4 Å². The van der Waals surface area contributed by atoms with Crippen molar-refractivity contribution in [3.8, 4) is 18.4 Å². The third-order valence-electron chi connectivity index (χ3n) is 6.96. The van der Waals surface area contributed by atoms with Gasteiger partial charge in [0.05, 0.1) is 13.1 Å². The van der Waals surface area contributed by atoms with E-state index in [4.69, 9.17) is 6.42 Å². The van der Waals surface area contributed by atoms with Crippen molar-refractivity contribution < 1.29 is 9.59 Å². The summed E-state index contributed by atoms with van der Waals surface area (Å²) in [6.45, 7) is 5.69. The summed E-state index contributed by atoms with van der Waals surface area (Å²) in [4.78, 5) is 44.7. The number of rotatable bonds is 9. The van der Waals surface area contributed by atoms with E-state index in [1.807, 2.05) is 48.5 Å². The number of nitriles is 1. The number of anilines is 3. The standard InChI is InChI=1S/C31H33N7O3S/c1-4-14-33-29(40)26(20-32)31-38(5-2)30(41)27(42-31)21-34-23-10-9-13-25(19-23)35(3)28(39)22-36-15-17-37(18-16-36)24-11-7-6-8-12-24/h1,6-13,19,21,34H,5,14-18,22H2,2-3H3,(H,33,40)/b27-21+,31-26-. The molecule has 0 aliphatic carbocycles. The lowest BCUT2D eigenvalue weighted by Crippen LogP contribution is -2.49. The van der Waals surface area contributed by atoms with Gasteiger partial charge in [-0.3, -0.25) is 23.9 Å². The number of amides is 2. The summed E-state index contributed by atoms with van der Waals surface area (Å²) in [5.74, 6) is 1.65. The highest BCUT2D eigenvalue weighted by Crippen LogP contribution is 2.20. The fourth-order valence-corrected chi connectivity index (χ4v) is 5.69. The van der Waals surface area contributed by atoms with Crippen LogP contribution < -0.4 is 35.2 Å². The van der Waals surface area contributed by atoms with Gasteiger partial charge in [0.2, 0.25) is 5.91 Å². The fourth-order valence-electron chi connectivity index (χ4n) is 4.61. The number of terminal acetylenes is 1. The van der Waals surface area contributed by atoms with Crippen molar-refractivity contribution in [1.82, 2.24) is 14.8 Å². The Bertz CT molecular complexity index is 1690. The summed E-state index contributed by atoms with van der Waals surface area (Å²) in [5, 5.41) is 15.2. The largest absolute Gasteiger partial charge is 0.369 e. The van der Waals surface area contributed by atoms with Crippen LogP contribution in [0, 0.1) is 23.7 Å². The quantitative estimate of drug-likeness (QED) is 0.361. The lowest BCUT2D eigenvalue weighted by atomic mass is 10.2. The van der Waals surface area contributed by atoms with Crippen LogP contribution in [0.25, 0.3) is 11.8 Å². The molecule has 3 aromatic rings. The Kier molecular flexibility index (Phi) is 10.2. The zero-order valence-electron chi connectivity index (χ0n) is 23.7. The Hall–Kier alpha value is -4.84. The number of likely N-dealkylation sites (N-methyl/N-ethyl adjacent to an activating group) is 1. The number of benzene rings is 2. The zero-order valence-corrected chi connectivity index (χ0v) is 24.5. The summed E-state index contributed by atoms with van der Waals surface area (Å²) in [6.07, 6.45) is 6.74. The first-order valence-corrected chi connectivity index (χ1v) is 14.4. The molecular weight excluding hydrogens is 550 g/mol. The van der Waals surface area contributed by atoms with Crippen molar-refractivity contribution in [3.05, 3.63) is 74.1 Å². The minimum atomic E-state index is -0.628. The summed E-state index contributed by atoms with van der Waals surface area (Å²) in [7, 11) is 1.75. The number of nitrogens with one attached hydrogen (secondary N) is 2.